The molecule has 3 aliphatic rings. The van der Waals surface area contributed by atoms with E-state index in [2.05, 4.69) is 21.9 Å². The lowest BCUT2D eigenvalue weighted by Gasteiger charge is -2.37. The molecular weight excluding hydrogens is 446 g/mol. The summed E-state index contributed by atoms with van der Waals surface area (Å²) in [6, 6.07) is 1.80. The van der Waals surface area contributed by atoms with Gasteiger partial charge in [0.05, 0.1) is 25.9 Å². The van der Waals surface area contributed by atoms with Gasteiger partial charge in [-0.2, -0.15) is 0 Å². The van der Waals surface area contributed by atoms with Crippen molar-refractivity contribution in [3.8, 4) is 5.88 Å². The second kappa shape index (κ2) is 11.2. The van der Waals surface area contributed by atoms with E-state index in [9.17, 15) is 13.2 Å². The van der Waals surface area contributed by atoms with Crippen LogP contribution in [0.5, 0.6) is 5.88 Å². The molecule has 0 spiro atoms. The van der Waals surface area contributed by atoms with Gasteiger partial charge in [0, 0.05) is 23.8 Å². The number of carbonyl (C=O) groups excluding carboxylic acids is 1. The Kier molecular flexibility index (Phi) is 8.34. The molecule has 1 aromatic heterocycles. The average molecular weight is 482 g/mol. The number of ether oxygens (including phenoxy) is 3. The Balaban J connectivity index is 1.29. The number of piperidine rings is 1. The molecule has 1 aromatic rings. The molecule has 2 aliphatic heterocycles. The summed E-state index contributed by atoms with van der Waals surface area (Å²) in [4.78, 5) is 15.1. The molecule has 3 fully saturated rings. The zero-order valence-electron chi connectivity index (χ0n) is 19.2. The van der Waals surface area contributed by atoms with E-state index in [1.165, 1.54) is 0 Å². The Morgan fingerprint density at radius 2 is 2.03 bits per heavy atom. The number of hydrogen-bond acceptors (Lipinski definition) is 8. The molecule has 9 nitrogen and oxygen atoms in total. The van der Waals surface area contributed by atoms with E-state index in [4.69, 9.17) is 14.2 Å². The lowest BCUT2D eigenvalue weighted by atomic mass is 9.81. The van der Waals surface area contributed by atoms with Gasteiger partial charge in [-0.1, -0.05) is 0 Å². The number of hydrogen-bond donors (Lipinski definition) is 2. The van der Waals surface area contributed by atoms with Crippen LogP contribution in [0, 0.1) is 6.92 Å². The molecule has 2 atom stereocenters. The molecule has 0 aromatic carbocycles. The first kappa shape index (κ1) is 24.5. The molecule has 33 heavy (non-hydrogen) atoms. The third-order valence-corrected chi connectivity index (χ3v) is 8.78. The van der Waals surface area contributed by atoms with Crippen LogP contribution in [0.15, 0.2) is 12.3 Å². The van der Waals surface area contributed by atoms with Crippen molar-refractivity contribution >= 4 is 16.3 Å². The summed E-state index contributed by atoms with van der Waals surface area (Å²) >= 11 is 0. The van der Waals surface area contributed by atoms with E-state index in [-0.39, 0.29) is 38.0 Å². The van der Waals surface area contributed by atoms with Gasteiger partial charge in [-0.15, -0.1) is 0 Å². The average Bonchev–Trinajstić information content (AvgIpc) is 2.76. The van der Waals surface area contributed by atoms with Gasteiger partial charge in [0.1, 0.15) is 11.9 Å². The van der Waals surface area contributed by atoms with E-state index in [0.29, 0.717) is 18.4 Å². The molecule has 2 N–H and O–H groups in total. The minimum absolute atomic E-state index is 0.00892. The molecule has 1 aliphatic carbocycles. The third kappa shape index (κ3) is 6.10. The van der Waals surface area contributed by atoms with Crippen molar-refractivity contribution in [2.24, 2.45) is 0 Å². The third-order valence-electron chi connectivity index (χ3n) is 7.00. The second-order valence-electron chi connectivity index (χ2n) is 9.26. The number of nitrogens with one attached hydrogen (secondary N) is 2. The molecule has 1 saturated carbocycles. The van der Waals surface area contributed by atoms with E-state index in [0.717, 1.165) is 62.5 Å². The van der Waals surface area contributed by atoms with Crippen LogP contribution in [0.4, 0.5) is 0 Å². The highest BCUT2D eigenvalue weighted by Gasteiger charge is 2.37. The topological polar surface area (TPSA) is 116 Å². The summed E-state index contributed by atoms with van der Waals surface area (Å²) in [6.07, 6.45) is 8.13. The minimum Gasteiger partial charge on any atom is -0.470 e. The number of aldehydes is 1. The van der Waals surface area contributed by atoms with Gasteiger partial charge in [-0.25, -0.2) is 18.1 Å². The fourth-order valence-corrected chi connectivity index (χ4v) is 6.44. The highest BCUT2D eigenvalue weighted by molar-refractivity contribution is 7.90. The van der Waals surface area contributed by atoms with E-state index >= 15 is 0 Å². The predicted octanol–water partition coefficient (Wildman–Crippen LogP) is 1.45. The van der Waals surface area contributed by atoms with Gasteiger partial charge in [0.2, 0.25) is 15.9 Å². The number of rotatable bonds is 10. The fourth-order valence-electron chi connectivity index (χ4n) is 5.00. The molecule has 0 bridgehead atoms. The van der Waals surface area contributed by atoms with E-state index < -0.39 is 15.3 Å². The van der Waals surface area contributed by atoms with Crippen LogP contribution in [-0.2, 0) is 24.3 Å². The van der Waals surface area contributed by atoms with Gasteiger partial charge < -0.3 is 19.5 Å². The summed E-state index contributed by atoms with van der Waals surface area (Å²) in [5, 5.41) is 3.00. The molecular formula is C23H35N3O6S. The molecule has 0 radical (unpaired) electrons. The van der Waals surface area contributed by atoms with Crippen molar-refractivity contribution < 1.29 is 27.4 Å². The maximum atomic E-state index is 12.5. The van der Waals surface area contributed by atoms with Crippen molar-refractivity contribution in [2.45, 2.75) is 74.8 Å². The summed E-state index contributed by atoms with van der Waals surface area (Å²) in [6.45, 7) is 3.98. The summed E-state index contributed by atoms with van der Waals surface area (Å²) in [5.74, 6) is 0.891. The summed E-state index contributed by atoms with van der Waals surface area (Å²) in [5.41, 5.74) is 2.23. The van der Waals surface area contributed by atoms with Gasteiger partial charge in [-0.05, 0) is 69.5 Å². The Hall–Kier alpha value is -1.59. The van der Waals surface area contributed by atoms with E-state index in [1.807, 2.05) is 6.07 Å². The molecule has 0 amide bonds. The largest absolute Gasteiger partial charge is 0.470 e. The monoisotopic (exact) mass is 481 g/mol. The molecule has 184 valence electrons. The van der Waals surface area contributed by atoms with Crippen LogP contribution in [0.25, 0.3) is 0 Å². The zero-order chi connectivity index (χ0) is 23.3. The van der Waals surface area contributed by atoms with Crippen LogP contribution in [-0.4, -0.2) is 76.1 Å². The first-order valence-corrected chi connectivity index (χ1v) is 13.5. The lowest BCUT2D eigenvalue weighted by Crippen LogP contribution is -2.59. The van der Waals surface area contributed by atoms with Gasteiger partial charge in [-0.3, -0.25) is 4.79 Å². The lowest BCUT2D eigenvalue weighted by molar-refractivity contribution is -0.109. The van der Waals surface area contributed by atoms with Crippen molar-refractivity contribution in [2.75, 3.05) is 33.0 Å². The van der Waals surface area contributed by atoms with Crippen LogP contribution in [0.3, 0.4) is 0 Å². The number of aromatic nitrogens is 1. The SMILES string of the molecule is Cc1ccnc(OCC=O)c1C1CCC(OC[C@@H]2NCCC[C@@H]2NS(=O)(=O)C2COC2)CC1. The maximum absolute atomic E-state index is 12.5. The van der Waals surface area contributed by atoms with Crippen molar-refractivity contribution in [1.29, 1.82) is 0 Å². The molecule has 0 unspecified atom stereocenters. The van der Waals surface area contributed by atoms with Crippen LogP contribution in [0.1, 0.15) is 55.6 Å². The predicted molar refractivity (Wildman–Crippen MR) is 123 cm³/mol. The normalized spacial score (nSPS) is 28.8. The first-order valence-electron chi connectivity index (χ1n) is 11.9. The van der Waals surface area contributed by atoms with Gasteiger partial charge in [0.25, 0.3) is 0 Å². The summed E-state index contributed by atoms with van der Waals surface area (Å²) < 4.78 is 44.8. The molecule has 2 saturated heterocycles. The van der Waals surface area contributed by atoms with Crippen LogP contribution in [0.2, 0.25) is 0 Å². The highest BCUT2D eigenvalue weighted by Crippen LogP contribution is 2.39. The number of pyridine rings is 1. The Morgan fingerprint density at radius 3 is 2.73 bits per heavy atom. The maximum Gasteiger partial charge on any atom is 0.219 e. The van der Waals surface area contributed by atoms with Crippen molar-refractivity contribution in [1.82, 2.24) is 15.0 Å². The van der Waals surface area contributed by atoms with Crippen molar-refractivity contribution in [3.05, 3.63) is 23.4 Å². The van der Waals surface area contributed by atoms with Crippen molar-refractivity contribution in [3.63, 3.8) is 0 Å². The Labute approximate surface area is 196 Å². The fraction of sp³-hybridized carbons (Fsp3) is 0.739. The van der Waals surface area contributed by atoms with Crippen LogP contribution < -0.4 is 14.8 Å². The van der Waals surface area contributed by atoms with Crippen LogP contribution >= 0.6 is 0 Å². The number of sulfonamides is 1. The van der Waals surface area contributed by atoms with Gasteiger partial charge >= 0.3 is 0 Å². The zero-order valence-corrected chi connectivity index (χ0v) is 20.0. The van der Waals surface area contributed by atoms with E-state index in [1.54, 1.807) is 6.20 Å². The number of carbonyl (C=O) groups is 1. The highest BCUT2D eigenvalue weighted by atomic mass is 32.2. The minimum atomic E-state index is -3.36. The molecule has 10 heteroatoms. The standard InChI is InChI=1S/C23H35N3O6S/c1-16-8-10-25-23(31-12-11-27)22(16)17-4-6-18(7-5-17)32-15-21-20(3-2-9-24-21)26-33(28,29)19-13-30-14-19/h8,10-11,17-21,24,26H,2-7,9,12-15H2,1H3/t17?,18?,20-,21-/m0/s1. The second-order valence-corrected chi connectivity index (χ2v) is 11.3. The molecule has 3 heterocycles. The smallest absolute Gasteiger partial charge is 0.219 e. The number of aryl methyl sites for hydroxylation is 1. The Morgan fingerprint density at radius 1 is 1.24 bits per heavy atom. The molecule has 4 rings (SSSR count). The number of nitrogens with zero attached hydrogens (tertiary/aromatic N) is 1. The van der Waals surface area contributed by atoms with Gasteiger partial charge in [0.15, 0.2) is 6.29 Å². The Bertz CT molecular complexity index is 899. The quantitative estimate of drug-likeness (QED) is 0.483. The summed E-state index contributed by atoms with van der Waals surface area (Å²) in [7, 11) is -3.36. The first-order chi connectivity index (χ1) is 16.0.